The summed E-state index contributed by atoms with van der Waals surface area (Å²) in [7, 11) is 1.78. The fourth-order valence-electron chi connectivity index (χ4n) is 2.08. The minimum Gasteiger partial charge on any atom is -0.492 e. The number of amides is 1. The van der Waals surface area contributed by atoms with Crippen molar-refractivity contribution in [2.45, 2.75) is 0 Å². The highest BCUT2D eigenvalue weighted by atomic mass is 35.5. The van der Waals surface area contributed by atoms with Gasteiger partial charge in [0.1, 0.15) is 12.4 Å². The Hall–Kier alpha value is -2.35. The van der Waals surface area contributed by atoms with Crippen LogP contribution in [0.3, 0.4) is 0 Å². The number of non-ortho nitro benzene ring substituents is 1. The van der Waals surface area contributed by atoms with E-state index in [0.29, 0.717) is 29.6 Å². The molecule has 0 saturated heterocycles. The molecule has 1 N–H and O–H groups in total. The van der Waals surface area contributed by atoms with Crippen LogP contribution in [0.5, 0.6) is 5.75 Å². The van der Waals surface area contributed by atoms with E-state index < -0.39 is 4.92 Å². The molecule has 1 amide bonds. The molecule has 2 aromatic carbocycles. The second-order valence-corrected chi connectivity index (χ2v) is 6.35. The van der Waals surface area contributed by atoms with Gasteiger partial charge >= 0.3 is 0 Å². The van der Waals surface area contributed by atoms with Crippen LogP contribution in [-0.4, -0.2) is 42.5 Å². The standard InChI is InChI=1S/C17H17Cl2N3O4/c1-21(8-9-26-14-5-2-12(18)3-6-14)11-17(23)20-16-7-4-13(22(24)25)10-15(16)19/h2-7,10H,8-9,11H2,1H3,(H,20,23). The molecule has 0 unspecified atom stereocenters. The number of carbonyl (C=O) groups is 1. The number of rotatable bonds is 8. The molecule has 2 rings (SSSR count). The average Bonchev–Trinajstić information content (AvgIpc) is 2.58. The van der Waals surface area contributed by atoms with E-state index in [1.807, 2.05) is 0 Å². The van der Waals surface area contributed by atoms with E-state index in [1.165, 1.54) is 18.2 Å². The monoisotopic (exact) mass is 397 g/mol. The zero-order valence-electron chi connectivity index (χ0n) is 13.9. The highest BCUT2D eigenvalue weighted by Crippen LogP contribution is 2.26. The normalized spacial score (nSPS) is 10.6. The number of hydrogen-bond donors (Lipinski definition) is 1. The predicted octanol–water partition coefficient (Wildman–Crippen LogP) is 3.85. The predicted molar refractivity (Wildman–Crippen MR) is 101 cm³/mol. The van der Waals surface area contributed by atoms with Crippen LogP contribution < -0.4 is 10.1 Å². The van der Waals surface area contributed by atoms with Crippen LogP contribution in [0, 0.1) is 10.1 Å². The summed E-state index contributed by atoms with van der Waals surface area (Å²) in [6.45, 7) is 1.06. The van der Waals surface area contributed by atoms with Gasteiger partial charge in [0.25, 0.3) is 5.69 Å². The molecule has 0 spiro atoms. The average molecular weight is 398 g/mol. The van der Waals surface area contributed by atoms with E-state index in [2.05, 4.69) is 5.32 Å². The largest absolute Gasteiger partial charge is 0.492 e. The van der Waals surface area contributed by atoms with Gasteiger partial charge in [-0.25, -0.2) is 0 Å². The van der Waals surface area contributed by atoms with Crippen LogP contribution in [0.15, 0.2) is 42.5 Å². The number of nitrogens with one attached hydrogen (secondary N) is 1. The number of nitro groups is 1. The third-order valence-corrected chi connectivity index (χ3v) is 3.97. The number of nitro benzene ring substituents is 1. The Labute approximate surface area is 160 Å². The van der Waals surface area contributed by atoms with Crippen molar-refractivity contribution in [1.82, 2.24) is 4.90 Å². The summed E-state index contributed by atoms with van der Waals surface area (Å²) in [5.74, 6) is 0.416. The zero-order chi connectivity index (χ0) is 19.1. The van der Waals surface area contributed by atoms with Gasteiger partial charge < -0.3 is 10.1 Å². The number of anilines is 1. The summed E-state index contributed by atoms with van der Waals surface area (Å²) < 4.78 is 5.57. The van der Waals surface area contributed by atoms with Gasteiger partial charge in [-0.1, -0.05) is 23.2 Å². The first kappa shape index (κ1) is 20.0. The lowest BCUT2D eigenvalue weighted by atomic mass is 10.3. The molecule has 0 heterocycles. The highest BCUT2D eigenvalue weighted by Gasteiger charge is 2.12. The number of nitrogens with zero attached hydrogens (tertiary/aromatic N) is 2. The molecule has 138 valence electrons. The highest BCUT2D eigenvalue weighted by molar-refractivity contribution is 6.34. The van der Waals surface area contributed by atoms with Crippen LogP contribution in [0.2, 0.25) is 10.0 Å². The lowest BCUT2D eigenvalue weighted by Crippen LogP contribution is -2.33. The Bertz CT molecular complexity index is 784. The zero-order valence-corrected chi connectivity index (χ0v) is 15.5. The first-order valence-corrected chi connectivity index (χ1v) is 8.41. The number of ether oxygens (including phenoxy) is 1. The van der Waals surface area contributed by atoms with Crippen molar-refractivity contribution in [3.63, 3.8) is 0 Å². The van der Waals surface area contributed by atoms with Gasteiger partial charge in [0, 0.05) is 23.7 Å². The minimum atomic E-state index is -0.550. The topological polar surface area (TPSA) is 84.7 Å². The van der Waals surface area contributed by atoms with E-state index in [1.54, 1.807) is 36.2 Å². The molecule has 0 saturated carbocycles. The molecule has 0 aliphatic rings. The molecule has 2 aromatic rings. The number of halogens is 2. The van der Waals surface area contributed by atoms with Crippen LogP contribution >= 0.6 is 23.2 Å². The minimum absolute atomic E-state index is 0.112. The third kappa shape index (κ3) is 6.18. The van der Waals surface area contributed by atoms with Crippen LogP contribution in [-0.2, 0) is 4.79 Å². The van der Waals surface area contributed by atoms with E-state index in [9.17, 15) is 14.9 Å². The molecular formula is C17H17Cl2N3O4. The fourth-order valence-corrected chi connectivity index (χ4v) is 2.43. The SMILES string of the molecule is CN(CCOc1ccc(Cl)cc1)CC(=O)Nc1ccc([N+](=O)[O-])cc1Cl. The number of carbonyl (C=O) groups excluding carboxylic acids is 1. The maximum Gasteiger partial charge on any atom is 0.271 e. The molecule has 0 radical (unpaired) electrons. The summed E-state index contributed by atoms with van der Waals surface area (Å²) in [6.07, 6.45) is 0. The van der Waals surface area contributed by atoms with E-state index >= 15 is 0 Å². The van der Waals surface area contributed by atoms with Crippen molar-refractivity contribution < 1.29 is 14.5 Å². The summed E-state index contributed by atoms with van der Waals surface area (Å²) in [5, 5.41) is 14.1. The lowest BCUT2D eigenvalue weighted by Gasteiger charge is -2.17. The maximum atomic E-state index is 12.1. The molecule has 9 heteroatoms. The summed E-state index contributed by atoms with van der Waals surface area (Å²) in [5.41, 5.74) is 0.192. The molecule has 0 atom stereocenters. The molecular weight excluding hydrogens is 381 g/mol. The molecule has 7 nitrogen and oxygen atoms in total. The van der Waals surface area contributed by atoms with Crippen molar-refractivity contribution in [1.29, 1.82) is 0 Å². The van der Waals surface area contributed by atoms with Gasteiger partial charge in [0.05, 0.1) is 22.2 Å². The van der Waals surface area contributed by atoms with Crippen molar-refractivity contribution in [3.8, 4) is 5.75 Å². The fraction of sp³-hybridized carbons (Fsp3) is 0.235. The molecule has 0 aliphatic carbocycles. The Morgan fingerprint density at radius 3 is 2.54 bits per heavy atom. The Balaban J connectivity index is 1.78. The third-order valence-electron chi connectivity index (χ3n) is 3.41. The number of likely N-dealkylation sites (N-methyl/N-ethyl adjacent to an activating group) is 1. The van der Waals surface area contributed by atoms with Gasteiger partial charge in [-0.2, -0.15) is 0 Å². The Kier molecular flexibility index (Phi) is 7.20. The smallest absolute Gasteiger partial charge is 0.271 e. The van der Waals surface area contributed by atoms with E-state index in [-0.39, 0.29) is 23.2 Å². The Morgan fingerprint density at radius 2 is 1.92 bits per heavy atom. The van der Waals surface area contributed by atoms with Gasteiger partial charge in [-0.3, -0.25) is 19.8 Å². The van der Waals surface area contributed by atoms with Gasteiger partial charge in [0.15, 0.2) is 0 Å². The van der Waals surface area contributed by atoms with Crippen LogP contribution in [0.1, 0.15) is 0 Å². The molecule has 0 fully saturated rings. The Morgan fingerprint density at radius 1 is 1.23 bits per heavy atom. The quantitative estimate of drug-likeness (QED) is 0.539. The summed E-state index contributed by atoms with van der Waals surface area (Å²) in [4.78, 5) is 24.0. The maximum absolute atomic E-state index is 12.1. The van der Waals surface area contributed by atoms with E-state index in [0.717, 1.165) is 0 Å². The van der Waals surface area contributed by atoms with E-state index in [4.69, 9.17) is 27.9 Å². The first-order valence-electron chi connectivity index (χ1n) is 7.66. The second kappa shape index (κ2) is 9.38. The molecule has 0 aromatic heterocycles. The van der Waals surface area contributed by atoms with Crippen molar-refractivity contribution in [2.75, 3.05) is 32.1 Å². The molecule has 0 bridgehead atoms. The first-order chi connectivity index (χ1) is 12.3. The van der Waals surface area contributed by atoms with Crippen LogP contribution in [0.25, 0.3) is 0 Å². The van der Waals surface area contributed by atoms with Gasteiger partial charge in [0.2, 0.25) is 5.91 Å². The molecule has 26 heavy (non-hydrogen) atoms. The number of benzene rings is 2. The summed E-state index contributed by atoms with van der Waals surface area (Å²) >= 11 is 11.8. The van der Waals surface area contributed by atoms with Crippen LogP contribution in [0.4, 0.5) is 11.4 Å². The number of hydrogen-bond acceptors (Lipinski definition) is 5. The summed E-state index contributed by atoms with van der Waals surface area (Å²) in [6, 6.07) is 10.9. The second-order valence-electron chi connectivity index (χ2n) is 5.51. The van der Waals surface area contributed by atoms with Crippen molar-refractivity contribution >= 4 is 40.5 Å². The van der Waals surface area contributed by atoms with Gasteiger partial charge in [-0.15, -0.1) is 0 Å². The molecule has 0 aliphatic heterocycles. The van der Waals surface area contributed by atoms with Crippen molar-refractivity contribution in [3.05, 3.63) is 62.6 Å². The van der Waals surface area contributed by atoms with Gasteiger partial charge in [-0.05, 0) is 37.4 Å². The lowest BCUT2D eigenvalue weighted by molar-refractivity contribution is -0.384. The van der Waals surface area contributed by atoms with Crippen molar-refractivity contribution in [2.24, 2.45) is 0 Å².